The molecule has 0 saturated carbocycles. The van der Waals surface area contributed by atoms with Crippen LogP contribution >= 0.6 is 11.3 Å². The first-order valence-corrected chi connectivity index (χ1v) is 7.13. The van der Waals surface area contributed by atoms with Gasteiger partial charge >= 0.3 is 0 Å². The van der Waals surface area contributed by atoms with Crippen molar-refractivity contribution in [1.29, 1.82) is 0 Å². The zero-order valence-corrected chi connectivity index (χ0v) is 12.2. The van der Waals surface area contributed by atoms with E-state index in [1.54, 1.807) is 17.6 Å². The molecule has 5 heteroatoms. The normalized spacial score (nSPS) is 10.7. The average molecular weight is 288 g/mol. The lowest BCUT2D eigenvalue weighted by atomic mass is 10.1. The van der Waals surface area contributed by atoms with E-state index in [2.05, 4.69) is 10.5 Å². The van der Waals surface area contributed by atoms with E-state index in [-0.39, 0.29) is 12.5 Å². The van der Waals surface area contributed by atoms with Crippen LogP contribution in [-0.2, 0) is 4.79 Å². The molecule has 1 aromatic heterocycles. The Balaban J connectivity index is 1.82. The lowest BCUT2D eigenvalue weighted by Gasteiger charge is -2.08. The van der Waals surface area contributed by atoms with Crippen molar-refractivity contribution in [1.82, 2.24) is 5.43 Å². The number of carbonyl (C=O) groups excluding carboxylic acids is 1. The summed E-state index contributed by atoms with van der Waals surface area (Å²) in [5, 5.41) is 7.77. The Morgan fingerprint density at radius 1 is 1.40 bits per heavy atom. The second-order valence-corrected chi connectivity index (χ2v) is 5.19. The van der Waals surface area contributed by atoms with Crippen molar-refractivity contribution in [2.24, 2.45) is 5.10 Å². The number of hydrazone groups is 1. The van der Waals surface area contributed by atoms with E-state index in [1.807, 2.05) is 48.9 Å². The fourth-order valence-electron chi connectivity index (χ4n) is 1.57. The number of thiophene rings is 1. The molecular weight excluding hydrogens is 272 g/mol. The zero-order valence-electron chi connectivity index (χ0n) is 11.4. The van der Waals surface area contributed by atoms with Gasteiger partial charge in [-0.15, -0.1) is 0 Å². The van der Waals surface area contributed by atoms with Crippen LogP contribution in [0.3, 0.4) is 0 Å². The molecule has 20 heavy (non-hydrogen) atoms. The second kappa shape index (κ2) is 6.86. The molecule has 0 unspecified atom stereocenters. The first kappa shape index (κ1) is 14.3. The Labute approximate surface area is 122 Å². The van der Waals surface area contributed by atoms with Gasteiger partial charge in [-0.3, -0.25) is 4.79 Å². The van der Waals surface area contributed by atoms with E-state index in [4.69, 9.17) is 4.74 Å². The van der Waals surface area contributed by atoms with Crippen molar-refractivity contribution in [3.05, 3.63) is 51.7 Å². The molecule has 1 N–H and O–H groups in total. The highest BCUT2D eigenvalue weighted by Crippen LogP contribution is 2.18. The molecule has 0 radical (unpaired) electrons. The Bertz CT molecular complexity index is 606. The smallest absolute Gasteiger partial charge is 0.277 e. The third-order valence-electron chi connectivity index (χ3n) is 2.65. The van der Waals surface area contributed by atoms with Crippen molar-refractivity contribution in [2.75, 3.05) is 6.61 Å². The number of rotatable bonds is 5. The molecule has 4 nitrogen and oxygen atoms in total. The number of nitrogens with one attached hydrogen (secondary N) is 1. The Morgan fingerprint density at radius 3 is 3.00 bits per heavy atom. The predicted octanol–water partition coefficient (Wildman–Crippen LogP) is 2.89. The van der Waals surface area contributed by atoms with Crippen molar-refractivity contribution in [3.63, 3.8) is 0 Å². The maximum atomic E-state index is 11.6. The fraction of sp³-hybridized carbons (Fsp3) is 0.200. The van der Waals surface area contributed by atoms with Crippen LogP contribution in [0.4, 0.5) is 0 Å². The van der Waals surface area contributed by atoms with E-state index in [0.717, 1.165) is 22.4 Å². The third-order valence-corrected chi connectivity index (χ3v) is 3.35. The van der Waals surface area contributed by atoms with Crippen LogP contribution in [0.2, 0.25) is 0 Å². The molecule has 0 aliphatic rings. The van der Waals surface area contributed by atoms with Gasteiger partial charge in [0, 0.05) is 5.56 Å². The first-order chi connectivity index (χ1) is 9.65. The number of hydrogen-bond donors (Lipinski definition) is 1. The molecule has 0 aliphatic heterocycles. The minimum Gasteiger partial charge on any atom is -0.483 e. The summed E-state index contributed by atoms with van der Waals surface area (Å²) in [4.78, 5) is 11.6. The van der Waals surface area contributed by atoms with Gasteiger partial charge in [0.25, 0.3) is 5.91 Å². The van der Waals surface area contributed by atoms with E-state index in [9.17, 15) is 4.79 Å². The maximum Gasteiger partial charge on any atom is 0.277 e. The molecule has 1 amide bonds. The van der Waals surface area contributed by atoms with Gasteiger partial charge in [-0.25, -0.2) is 5.43 Å². The fourth-order valence-corrected chi connectivity index (χ4v) is 2.18. The largest absolute Gasteiger partial charge is 0.483 e. The van der Waals surface area contributed by atoms with E-state index in [0.29, 0.717) is 0 Å². The molecule has 0 saturated heterocycles. The molecule has 1 heterocycles. The summed E-state index contributed by atoms with van der Waals surface area (Å²) in [5.74, 6) is 0.444. The lowest BCUT2D eigenvalue weighted by molar-refractivity contribution is -0.123. The Hall–Kier alpha value is -2.14. The second-order valence-electron chi connectivity index (χ2n) is 4.41. The van der Waals surface area contributed by atoms with Crippen LogP contribution in [0.25, 0.3) is 0 Å². The highest BCUT2D eigenvalue weighted by molar-refractivity contribution is 7.08. The van der Waals surface area contributed by atoms with Gasteiger partial charge in [-0.05, 0) is 47.9 Å². The number of aryl methyl sites for hydroxylation is 2. The molecule has 104 valence electrons. The summed E-state index contributed by atoms with van der Waals surface area (Å²) in [6, 6.07) is 7.81. The minimum absolute atomic E-state index is 0.0503. The molecular formula is C15H16N2O2S. The summed E-state index contributed by atoms with van der Waals surface area (Å²) in [6.45, 7) is 3.88. The quantitative estimate of drug-likeness (QED) is 0.679. The third kappa shape index (κ3) is 4.20. The highest BCUT2D eigenvalue weighted by atomic mass is 32.1. The van der Waals surface area contributed by atoms with Crippen LogP contribution in [-0.4, -0.2) is 18.7 Å². The van der Waals surface area contributed by atoms with Crippen LogP contribution in [0, 0.1) is 13.8 Å². The number of amides is 1. The van der Waals surface area contributed by atoms with Gasteiger partial charge in [0.05, 0.1) is 6.21 Å². The number of benzene rings is 1. The molecule has 1 aromatic carbocycles. The average Bonchev–Trinajstić information content (AvgIpc) is 2.93. The van der Waals surface area contributed by atoms with Gasteiger partial charge in [0.2, 0.25) is 0 Å². The van der Waals surface area contributed by atoms with Crippen molar-refractivity contribution in [2.45, 2.75) is 13.8 Å². The van der Waals surface area contributed by atoms with Crippen molar-refractivity contribution >= 4 is 23.5 Å². The summed E-state index contributed by atoms with van der Waals surface area (Å²) in [6.07, 6.45) is 1.60. The molecule has 2 rings (SSSR count). The number of ether oxygens (including phenoxy) is 1. The van der Waals surface area contributed by atoms with E-state index in [1.165, 1.54) is 0 Å². The SMILES string of the molecule is Cc1ccc(C)c(OCC(=O)NN=Cc2ccsc2)c1. The summed E-state index contributed by atoms with van der Waals surface area (Å²) in [7, 11) is 0. The Kier molecular flexibility index (Phi) is 4.90. The van der Waals surface area contributed by atoms with Gasteiger partial charge in [0.1, 0.15) is 5.75 Å². The van der Waals surface area contributed by atoms with Crippen molar-refractivity contribution < 1.29 is 9.53 Å². The zero-order chi connectivity index (χ0) is 14.4. The summed E-state index contributed by atoms with van der Waals surface area (Å²) < 4.78 is 5.48. The van der Waals surface area contributed by atoms with Crippen LogP contribution < -0.4 is 10.2 Å². The lowest BCUT2D eigenvalue weighted by Crippen LogP contribution is -2.24. The number of hydrogen-bond acceptors (Lipinski definition) is 4. The first-order valence-electron chi connectivity index (χ1n) is 6.19. The standard InChI is InChI=1S/C15H16N2O2S/c1-11-3-4-12(2)14(7-11)19-9-15(18)17-16-8-13-5-6-20-10-13/h3-8,10H,9H2,1-2H3,(H,17,18). The topological polar surface area (TPSA) is 50.7 Å². The summed E-state index contributed by atoms with van der Waals surface area (Å²) >= 11 is 1.58. The molecule has 0 fully saturated rings. The number of carbonyl (C=O) groups is 1. The van der Waals surface area contributed by atoms with Gasteiger partial charge in [-0.2, -0.15) is 16.4 Å². The Morgan fingerprint density at radius 2 is 2.25 bits per heavy atom. The van der Waals surface area contributed by atoms with Crippen LogP contribution in [0.15, 0.2) is 40.1 Å². The van der Waals surface area contributed by atoms with Gasteiger partial charge in [0.15, 0.2) is 6.61 Å². The van der Waals surface area contributed by atoms with E-state index < -0.39 is 0 Å². The predicted molar refractivity (Wildman–Crippen MR) is 81.5 cm³/mol. The highest BCUT2D eigenvalue weighted by Gasteiger charge is 2.04. The van der Waals surface area contributed by atoms with Gasteiger partial charge < -0.3 is 4.74 Å². The van der Waals surface area contributed by atoms with Crippen LogP contribution in [0.5, 0.6) is 5.75 Å². The van der Waals surface area contributed by atoms with Crippen molar-refractivity contribution in [3.8, 4) is 5.75 Å². The monoisotopic (exact) mass is 288 g/mol. The number of nitrogens with zero attached hydrogens (tertiary/aromatic N) is 1. The minimum atomic E-state index is -0.280. The van der Waals surface area contributed by atoms with Crippen LogP contribution in [0.1, 0.15) is 16.7 Å². The molecule has 0 bridgehead atoms. The summed E-state index contributed by atoms with van der Waals surface area (Å²) in [5.41, 5.74) is 5.50. The molecule has 0 aliphatic carbocycles. The maximum absolute atomic E-state index is 11.6. The van der Waals surface area contributed by atoms with Gasteiger partial charge in [-0.1, -0.05) is 12.1 Å². The molecule has 2 aromatic rings. The van der Waals surface area contributed by atoms with E-state index >= 15 is 0 Å². The molecule has 0 spiro atoms. The molecule has 0 atom stereocenters.